The summed E-state index contributed by atoms with van der Waals surface area (Å²) in [6.07, 6.45) is 0.301. The van der Waals surface area contributed by atoms with E-state index in [1.165, 1.54) is 12.4 Å². The summed E-state index contributed by atoms with van der Waals surface area (Å²) in [4.78, 5) is 0. The zero-order valence-corrected chi connectivity index (χ0v) is 10.7. The molecule has 0 spiro atoms. The van der Waals surface area contributed by atoms with Crippen LogP contribution in [0.3, 0.4) is 0 Å². The van der Waals surface area contributed by atoms with Gasteiger partial charge in [-0.15, -0.1) is 5.10 Å². The summed E-state index contributed by atoms with van der Waals surface area (Å²) in [5.41, 5.74) is 0.322. The van der Waals surface area contributed by atoms with E-state index in [1.807, 2.05) is 13.8 Å². The van der Waals surface area contributed by atoms with Gasteiger partial charge in [-0.1, -0.05) is 13.8 Å². The Kier molecular flexibility index (Phi) is 4.16. The lowest BCUT2D eigenvalue weighted by atomic mass is 10.2. The van der Waals surface area contributed by atoms with E-state index in [0.29, 0.717) is 12.1 Å². The molecule has 7 heteroatoms. The van der Waals surface area contributed by atoms with E-state index in [1.54, 1.807) is 12.1 Å². The van der Waals surface area contributed by atoms with E-state index in [-0.39, 0.29) is 17.6 Å². The average Bonchev–Trinajstić information content (AvgIpc) is 2.81. The van der Waals surface area contributed by atoms with Crippen molar-refractivity contribution in [3.05, 3.63) is 35.8 Å². The van der Waals surface area contributed by atoms with Crippen molar-refractivity contribution in [1.29, 1.82) is 0 Å². The summed E-state index contributed by atoms with van der Waals surface area (Å²) in [6, 6.07) is 3.43. The Balaban J connectivity index is 2.35. The monoisotopic (exact) mass is 267 g/mol. The van der Waals surface area contributed by atoms with Gasteiger partial charge in [-0.25, -0.2) is 13.5 Å². The molecule has 0 radical (unpaired) electrons. The largest absolute Gasteiger partial charge is 0.310 e. The van der Waals surface area contributed by atoms with Gasteiger partial charge in [-0.3, -0.25) is 0 Å². The Labute approximate surface area is 109 Å². The molecule has 0 atom stereocenters. The molecule has 2 aromatic rings. The summed E-state index contributed by atoms with van der Waals surface area (Å²) < 4.78 is 27.5. The second-order valence-corrected chi connectivity index (χ2v) is 4.39. The highest BCUT2D eigenvalue weighted by atomic mass is 19.3. The average molecular weight is 267 g/mol. The molecule has 0 saturated heterocycles. The van der Waals surface area contributed by atoms with Crippen LogP contribution in [0.5, 0.6) is 0 Å². The Hall–Kier alpha value is -1.89. The van der Waals surface area contributed by atoms with Gasteiger partial charge in [0.15, 0.2) is 5.82 Å². The molecule has 2 heterocycles. The lowest BCUT2D eigenvalue weighted by Crippen LogP contribution is -2.22. The van der Waals surface area contributed by atoms with Crippen LogP contribution in [0.2, 0.25) is 0 Å². The maximum atomic E-state index is 13.2. The van der Waals surface area contributed by atoms with Crippen molar-refractivity contribution in [2.24, 2.45) is 0 Å². The quantitative estimate of drug-likeness (QED) is 0.901. The summed E-state index contributed by atoms with van der Waals surface area (Å²) in [5.74, 6) is 0.286. The first-order valence-corrected chi connectivity index (χ1v) is 5.96. The molecule has 0 amide bonds. The first kappa shape index (κ1) is 13.5. The minimum atomic E-state index is -2.62. The topological polar surface area (TPSA) is 55.6 Å². The number of hydrogen-bond donors (Lipinski definition) is 1. The van der Waals surface area contributed by atoms with E-state index in [2.05, 4.69) is 20.6 Å². The van der Waals surface area contributed by atoms with E-state index in [4.69, 9.17) is 0 Å². The molecule has 2 rings (SSSR count). The summed E-state index contributed by atoms with van der Waals surface area (Å²) in [6.45, 7) is 4.25. The van der Waals surface area contributed by atoms with Gasteiger partial charge in [0, 0.05) is 24.3 Å². The van der Waals surface area contributed by atoms with E-state index < -0.39 is 6.43 Å². The van der Waals surface area contributed by atoms with Crippen molar-refractivity contribution in [2.45, 2.75) is 32.9 Å². The van der Waals surface area contributed by atoms with Gasteiger partial charge in [-0.2, -0.15) is 10.2 Å². The molecule has 0 unspecified atom stereocenters. The molecule has 0 aromatic carbocycles. The molecular weight excluding hydrogens is 252 g/mol. The molecule has 19 heavy (non-hydrogen) atoms. The van der Waals surface area contributed by atoms with Gasteiger partial charge >= 0.3 is 0 Å². The molecule has 0 fully saturated rings. The molecule has 0 aliphatic heterocycles. The van der Waals surface area contributed by atoms with Crippen molar-refractivity contribution in [3.63, 3.8) is 0 Å². The number of rotatable bonds is 5. The first-order chi connectivity index (χ1) is 9.09. The summed E-state index contributed by atoms with van der Waals surface area (Å²) >= 11 is 0. The standard InChI is InChI=1S/C12H15F2N5/c1-8(2)15-6-9-7-17-19(11(9)12(13)14)10-4-3-5-16-18-10/h3-5,7-8,12,15H,6H2,1-2H3. The minimum absolute atomic E-state index is 0.145. The summed E-state index contributed by atoms with van der Waals surface area (Å²) in [7, 11) is 0. The SMILES string of the molecule is CC(C)NCc1cnn(-c2cccnn2)c1C(F)F. The van der Waals surface area contributed by atoms with Crippen molar-refractivity contribution in [3.8, 4) is 5.82 Å². The van der Waals surface area contributed by atoms with Crippen LogP contribution in [-0.4, -0.2) is 26.0 Å². The maximum Gasteiger partial charge on any atom is 0.280 e. The van der Waals surface area contributed by atoms with Gasteiger partial charge in [0.1, 0.15) is 5.69 Å². The maximum absolute atomic E-state index is 13.2. The molecule has 102 valence electrons. The fourth-order valence-corrected chi connectivity index (χ4v) is 1.66. The molecular formula is C12H15F2N5. The van der Waals surface area contributed by atoms with Crippen molar-refractivity contribution < 1.29 is 8.78 Å². The zero-order chi connectivity index (χ0) is 13.8. The van der Waals surface area contributed by atoms with Crippen LogP contribution in [0, 0.1) is 0 Å². The smallest absolute Gasteiger partial charge is 0.280 e. The molecule has 0 aliphatic carbocycles. The van der Waals surface area contributed by atoms with Crippen molar-refractivity contribution in [1.82, 2.24) is 25.3 Å². The number of alkyl halides is 2. The lowest BCUT2D eigenvalue weighted by Gasteiger charge is -2.10. The third-order valence-corrected chi connectivity index (χ3v) is 2.57. The van der Waals surface area contributed by atoms with Crippen LogP contribution in [0.25, 0.3) is 5.82 Å². The molecule has 1 N–H and O–H groups in total. The van der Waals surface area contributed by atoms with E-state index in [0.717, 1.165) is 4.68 Å². The van der Waals surface area contributed by atoms with Crippen LogP contribution < -0.4 is 5.32 Å². The Morgan fingerprint density at radius 2 is 2.16 bits per heavy atom. The van der Waals surface area contributed by atoms with E-state index >= 15 is 0 Å². The Morgan fingerprint density at radius 3 is 2.74 bits per heavy atom. The van der Waals surface area contributed by atoms with Crippen LogP contribution in [0.4, 0.5) is 8.78 Å². The number of halogens is 2. The zero-order valence-electron chi connectivity index (χ0n) is 10.7. The second kappa shape index (κ2) is 5.83. The predicted octanol–water partition coefficient (Wildman–Crippen LogP) is 2.10. The summed E-state index contributed by atoms with van der Waals surface area (Å²) in [5, 5.41) is 14.5. The van der Waals surface area contributed by atoms with Gasteiger partial charge in [0.2, 0.25) is 0 Å². The van der Waals surface area contributed by atoms with Crippen LogP contribution in [-0.2, 0) is 6.54 Å². The lowest BCUT2D eigenvalue weighted by molar-refractivity contribution is 0.141. The number of hydrogen-bond acceptors (Lipinski definition) is 4. The van der Waals surface area contributed by atoms with Gasteiger partial charge in [-0.05, 0) is 12.1 Å². The number of aromatic nitrogens is 4. The fourth-order valence-electron chi connectivity index (χ4n) is 1.66. The fraction of sp³-hybridized carbons (Fsp3) is 0.417. The third kappa shape index (κ3) is 3.11. The van der Waals surface area contributed by atoms with E-state index in [9.17, 15) is 8.78 Å². The highest BCUT2D eigenvalue weighted by Crippen LogP contribution is 2.24. The van der Waals surface area contributed by atoms with Crippen LogP contribution in [0.1, 0.15) is 31.5 Å². The third-order valence-electron chi connectivity index (χ3n) is 2.57. The predicted molar refractivity (Wildman–Crippen MR) is 66.1 cm³/mol. The molecule has 2 aromatic heterocycles. The molecule has 0 saturated carbocycles. The molecule has 0 aliphatic rings. The highest BCUT2D eigenvalue weighted by molar-refractivity contribution is 5.28. The van der Waals surface area contributed by atoms with Crippen LogP contribution >= 0.6 is 0 Å². The Bertz CT molecular complexity index is 524. The van der Waals surface area contributed by atoms with Gasteiger partial charge < -0.3 is 5.32 Å². The van der Waals surface area contributed by atoms with Crippen LogP contribution in [0.15, 0.2) is 24.5 Å². The number of nitrogens with zero attached hydrogens (tertiary/aromatic N) is 4. The minimum Gasteiger partial charge on any atom is -0.310 e. The van der Waals surface area contributed by atoms with Gasteiger partial charge in [0.25, 0.3) is 6.43 Å². The van der Waals surface area contributed by atoms with Gasteiger partial charge in [0.05, 0.1) is 6.20 Å². The highest BCUT2D eigenvalue weighted by Gasteiger charge is 2.21. The number of nitrogens with one attached hydrogen (secondary N) is 1. The molecule has 0 bridgehead atoms. The molecule has 5 nitrogen and oxygen atoms in total. The van der Waals surface area contributed by atoms with Crippen molar-refractivity contribution >= 4 is 0 Å². The second-order valence-electron chi connectivity index (χ2n) is 4.39. The Morgan fingerprint density at radius 1 is 1.37 bits per heavy atom. The normalized spacial score (nSPS) is 11.5. The van der Waals surface area contributed by atoms with Crippen molar-refractivity contribution in [2.75, 3.05) is 0 Å². The first-order valence-electron chi connectivity index (χ1n) is 5.96.